The molecule has 3 aromatic rings. The van der Waals surface area contributed by atoms with Crippen LogP contribution in [0, 0.1) is 20.8 Å². The third-order valence-electron chi connectivity index (χ3n) is 4.82. The van der Waals surface area contributed by atoms with Gasteiger partial charge in [-0.1, -0.05) is 48.0 Å². The van der Waals surface area contributed by atoms with Crippen molar-refractivity contribution in [1.29, 1.82) is 0 Å². The molecule has 0 atom stereocenters. The zero-order chi connectivity index (χ0) is 21.0. The molecule has 0 fully saturated rings. The number of ketones is 1. The van der Waals surface area contributed by atoms with Gasteiger partial charge in [-0.3, -0.25) is 4.79 Å². The average molecular weight is 412 g/mol. The molecular formula is C23H25NO4S. The first-order valence-electron chi connectivity index (χ1n) is 9.53. The molecule has 1 heterocycles. The number of sulfone groups is 1. The number of carbonyl (C=O) groups excluding carboxylic acids is 1. The molecule has 152 valence electrons. The van der Waals surface area contributed by atoms with Crippen molar-refractivity contribution in [2.75, 3.05) is 5.75 Å². The molecule has 0 N–H and O–H groups in total. The molecule has 0 aliphatic heterocycles. The number of benzene rings is 2. The van der Waals surface area contributed by atoms with Crippen molar-refractivity contribution in [1.82, 2.24) is 4.98 Å². The van der Waals surface area contributed by atoms with E-state index >= 15 is 0 Å². The Morgan fingerprint density at radius 1 is 1.00 bits per heavy atom. The molecule has 0 unspecified atom stereocenters. The van der Waals surface area contributed by atoms with Gasteiger partial charge < -0.3 is 4.42 Å². The number of hydrogen-bond acceptors (Lipinski definition) is 5. The van der Waals surface area contributed by atoms with E-state index in [-0.39, 0.29) is 18.0 Å². The van der Waals surface area contributed by atoms with Crippen molar-refractivity contribution in [2.45, 2.75) is 39.4 Å². The Kier molecular flexibility index (Phi) is 6.33. The van der Waals surface area contributed by atoms with Gasteiger partial charge in [0, 0.05) is 12.0 Å². The van der Waals surface area contributed by atoms with E-state index in [2.05, 4.69) is 4.98 Å². The van der Waals surface area contributed by atoms with E-state index in [0.29, 0.717) is 23.8 Å². The summed E-state index contributed by atoms with van der Waals surface area (Å²) in [4.78, 5) is 16.6. The minimum atomic E-state index is -3.62. The Balaban J connectivity index is 1.64. The molecule has 5 nitrogen and oxygen atoms in total. The fourth-order valence-corrected chi connectivity index (χ4v) is 4.53. The van der Waals surface area contributed by atoms with E-state index in [9.17, 15) is 13.2 Å². The maximum absolute atomic E-state index is 12.5. The number of Topliss-reactive ketones (excluding diaryl/α,β-unsaturated/α-hetero) is 1. The third kappa shape index (κ3) is 5.64. The first-order valence-corrected chi connectivity index (χ1v) is 11.4. The number of aryl methyl sites for hydroxylation is 4. The first-order chi connectivity index (χ1) is 13.7. The van der Waals surface area contributed by atoms with Crippen LogP contribution in [0.5, 0.6) is 0 Å². The Bertz CT molecular complexity index is 1110. The van der Waals surface area contributed by atoms with E-state index in [1.165, 1.54) is 0 Å². The largest absolute Gasteiger partial charge is 0.441 e. The Morgan fingerprint density at radius 3 is 2.38 bits per heavy atom. The average Bonchev–Trinajstić information content (AvgIpc) is 3.00. The molecule has 0 saturated heterocycles. The summed E-state index contributed by atoms with van der Waals surface area (Å²) in [6, 6.07) is 15.5. The Labute approximate surface area is 171 Å². The van der Waals surface area contributed by atoms with E-state index < -0.39 is 15.6 Å². The first kappa shape index (κ1) is 21.0. The topological polar surface area (TPSA) is 77.2 Å². The summed E-state index contributed by atoms with van der Waals surface area (Å²) < 4.78 is 30.7. The summed E-state index contributed by atoms with van der Waals surface area (Å²) in [6.07, 6.45) is 0.740. The van der Waals surface area contributed by atoms with Crippen LogP contribution in [0.2, 0.25) is 0 Å². The highest BCUT2D eigenvalue weighted by Crippen LogP contribution is 2.25. The molecule has 0 bridgehead atoms. The lowest BCUT2D eigenvalue weighted by molar-refractivity contribution is -0.116. The van der Waals surface area contributed by atoms with Gasteiger partial charge in [-0.2, -0.15) is 0 Å². The second kappa shape index (κ2) is 8.74. The fraction of sp³-hybridized carbons (Fsp3) is 0.304. The van der Waals surface area contributed by atoms with Crippen LogP contribution < -0.4 is 0 Å². The van der Waals surface area contributed by atoms with Gasteiger partial charge in [0.15, 0.2) is 9.84 Å². The van der Waals surface area contributed by atoms with Crippen LogP contribution in [-0.4, -0.2) is 24.9 Å². The molecule has 0 spiro atoms. The fourth-order valence-electron chi connectivity index (χ4n) is 3.11. The van der Waals surface area contributed by atoms with Gasteiger partial charge in [0.25, 0.3) is 0 Å². The summed E-state index contributed by atoms with van der Waals surface area (Å²) in [5, 5.41) is 0. The predicted molar refractivity (Wildman–Crippen MR) is 113 cm³/mol. The summed E-state index contributed by atoms with van der Waals surface area (Å²) in [5.41, 5.74) is 4.35. The molecular weight excluding hydrogens is 386 g/mol. The summed E-state index contributed by atoms with van der Waals surface area (Å²) >= 11 is 0. The van der Waals surface area contributed by atoms with Crippen LogP contribution in [0.15, 0.2) is 52.9 Å². The van der Waals surface area contributed by atoms with Gasteiger partial charge in [0.05, 0.1) is 11.4 Å². The maximum atomic E-state index is 12.5. The van der Waals surface area contributed by atoms with E-state index in [4.69, 9.17) is 4.42 Å². The number of rotatable bonds is 8. The molecule has 2 aromatic carbocycles. The standard InChI is InChI=1S/C23H25NO4S/c1-16-8-10-19(11-9-16)12-13-20(25)14-29(26,27)15-22-18(3)28-23(24-22)21-7-5-4-6-17(21)2/h4-11H,12-15H2,1-3H3. The number of hydrogen-bond donors (Lipinski definition) is 0. The van der Waals surface area contributed by atoms with Crippen LogP contribution in [0.3, 0.4) is 0 Å². The Hall–Kier alpha value is -2.73. The van der Waals surface area contributed by atoms with Gasteiger partial charge >= 0.3 is 0 Å². The molecule has 0 radical (unpaired) electrons. The van der Waals surface area contributed by atoms with Crippen LogP contribution in [0.1, 0.15) is 34.6 Å². The van der Waals surface area contributed by atoms with Crippen molar-refractivity contribution >= 4 is 15.6 Å². The molecule has 0 saturated carbocycles. The van der Waals surface area contributed by atoms with Gasteiger partial charge in [0.2, 0.25) is 5.89 Å². The zero-order valence-corrected chi connectivity index (χ0v) is 17.8. The van der Waals surface area contributed by atoms with Gasteiger partial charge in [-0.25, -0.2) is 13.4 Å². The number of carbonyl (C=O) groups is 1. The van der Waals surface area contributed by atoms with Crippen molar-refractivity contribution in [3.8, 4) is 11.5 Å². The number of nitrogens with zero attached hydrogens (tertiary/aromatic N) is 1. The minimum absolute atomic E-state index is 0.203. The lowest BCUT2D eigenvalue weighted by Gasteiger charge is -2.04. The SMILES string of the molecule is Cc1ccc(CCC(=O)CS(=O)(=O)Cc2nc(-c3ccccc3C)oc2C)cc1. The van der Waals surface area contributed by atoms with Crippen LogP contribution in [0.4, 0.5) is 0 Å². The summed E-state index contributed by atoms with van der Waals surface area (Å²) in [5.74, 6) is -0.212. The second-order valence-corrected chi connectivity index (χ2v) is 9.46. The van der Waals surface area contributed by atoms with Crippen LogP contribution in [0.25, 0.3) is 11.5 Å². The minimum Gasteiger partial charge on any atom is -0.441 e. The highest BCUT2D eigenvalue weighted by Gasteiger charge is 2.22. The maximum Gasteiger partial charge on any atom is 0.226 e. The van der Waals surface area contributed by atoms with E-state index in [1.54, 1.807) is 6.92 Å². The van der Waals surface area contributed by atoms with Gasteiger partial charge in [0.1, 0.15) is 17.3 Å². The molecule has 3 rings (SSSR count). The predicted octanol–water partition coefficient (Wildman–Crippen LogP) is 4.38. The number of oxazole rings is 1. The highest BCUT2D eigenvalue weighted by atomic mass is 32.2. The van der Waals surface area contributed by atoms with Crippen molar-refractivity contribution in [2.24, 2.45) is 0 Å². The van der Waals surface area contributed by atoms with Crippen molar-refractivity contribution in [3.63, 3.8) is 0 Å². The molecule has 0 aliphatic carbocycles. The quantitative estimate of drug-likeness (QED) is 0.550. The molecule has 29 heavy (non-hydrogen) atoms. The van der Waals surface area contributed by atoms with E-state index in [0.717, 1.165) is 22.3 Å². The molecule has 0 aliphatic rings. The van der Waals surface area contributed by atoms with Gasteiger partial charge in [-0.05, 0) is 44.4 Å². The Morgan fingerprint density at radius 2 is 1.69 bits per heavy atom. The van der Waals surface area contributed by atoms with E-state index in [1.807, 2.05) is 62.4 Å². The van der Waals surface area contributed by atoms with Crippen LogP contribution >= 0.6 is 0 Å². The smallest absolute Gasteiger partial charge is 0.226 e. The third-order valence-corrected chi connectivity index (χ3v) is 6.29. The van der Waals surface area contributed by atoms with Gasteiger partial charge in [-0.15, -0.1) is 0 Å². The van der Waals surface area contributed by atoms with Crippen molar-refractivity contribution in [3.05, 3.63) is 76.7 Å². The lowest BCUT2D eigenvalue weighted by Crippen LogP contribution is -2.18. The second-order valence-electron chi connectivity index (χ2n) is 7.39. The van der Waals surface area contributed by atoms with Crippen LogP contribution in [-0.2, 0) is 26.8 Å². The summed E-state index contributed by atoms with van der Waals surface area (Å²) in [6.45, 7) is 5.63. The molecule has 6 heteroatoms. The normalized spacial score (nSPS) is 11.6. The monoisotopic (exact) mass is 411 g/mol. The van der Waals surface area contributed by atoms with Crippen molar-refractivity contribution < 1.29 is 17.6 Å². The molecule has 1 aromatic heterocycles. The molecule has 0 amide bonds. The highest BCUT2D eigenvalue weighted by molar-refractivity contribution is 7.91. The lowest BCUT2D eigenvalue weighted by atomic mass is 10.1. The summed E-state index contributed by atoms with van der Waals surface area (Å²) in [7, 11) is -3.62. The zero-order valence-electron chi connectivity index (χ0n) is 16.9. The number of aromatic nitrogens is 1.